The molecule has 0 unspecified atom stereocenters. The minimum atomic E-state index is -0.803. The number of pyridine rings is 1. The van der Waals surface area contributed by atoms with Gasteiger partial charge >= 0.3 is 0 Å². The highest BCUT2D eigenvalue weighted by Gasteiger charge is 2.29. The van der Waals surface area contributed by atoms with Crippen LogP contribution >= 0.6 is 0 Å². The fourth-order valence-corrected chi connectivity index (χ4v) is 4.51. The summed E-state index contributed by atoms with van der Waals surface area (Å²) in [5, 5.41) is 0. The molecule has 1 aromatic carbocycles. The highest BCUT2D eigenvalue weighted by Crippen LogP contribution is 2.38. The zero-order valence-corrected chi connectivity index (χ0v) is 19.5. The second kappa shape index (κ2) is 8.88. The molecule has 9 heteroatoms. The Balaban J connectivity index is 1.66. The maximum Gasteiger partial charge on any atom is 0.261 e. The van der Waals surface area contributed by atoms with Crippen LogP contribution in [0.3, 0.4) is 0 Å². The van der Waals surface area contributed by atoms with Crippen molar-refractivity contribution in [3.63, 3.8) is 0 Å². The van der Waals surface area contributed by atoms with E-state index in [0.29, 0.717) is 47.7 Å². The Morgan fingerprint density at radius 1 is 1.06 bits per heavy atom. The van der Waals surface area contributed by atoms with Crippen LogP contribution in [-0.4, -0.2) is 26.0 Å². The fourth-order valence-electron chi connectivity index (χ4n) is 4.51. The Hall–Kier alpha value is -3.59. The molecule has 1 saturated heterocycles. The van der Waals surface area contributed by atoms with Gasteiger partial charge in [-0.05, 0) is 51.8 Å². The monoisotopic (exact) mass is 480 g/mol. The number of aryl methyl sites for hydroxylation is 2. The molecule has 35 heavy (non-hydrogen) atoms. The number of aromatic nitrogens is 4. The van der Waals surface area contributed by atoms with Crippen LogP contribution in [0.5, 0.6) is 0 Å². The molecule has 4 heterocycles. The van der Waals surface area contributed by atoms with Crippen LogP contribution in [0.15, 0.2) is 41.5 Å². The number of hydrogen-bond donors (Lipinski definition) is 0. The molecule has 0 saturated carbocycles. The predicted molar refractivity (Wildman–Crippen MR) is 124 cm³/mol. The van der Waals surface area contributed by atoms with Gasteiger partial charge in [-0.25, -0.2) is 23.1 Å². The first-order chi connectivity index (χ1) is 16.7. The smallest absolute Gasteiger partial charge is 0.261 e. The van der Waals surface area contributed by atoms with E-state index in [1.165, 1.54) is 16.7 Å². The van der Waals surface area contributed by atoms with Crippen LogP contribution < -0.4 is 5.56 Å². The molecule has 0 bridgehead atoms. The van der Waals surface area contributed by atoms with Crippen molar-refractivity contribution < 1.29 is 17.9 Å². The summed E-state index contributed by atoms with van der Waals surface area (Å²) >= 11 is 0. The average Bonchev–Trinajstić information content (AvgIpc) is 2.84. The molecule has 0 aliphatic carbocycles. The van der Waals surface area contributed by atoms with Crippen molar-refractivity contribution in [1.82, 2.24) is 19.4 Å². The van der Waals surface area contributed by atoms with Gasteiger partial charge in [0.15, 0.2) is 5.65 Å². The summed E-state index contributed by atoms with van der Waals surface area (Å²) in [6.07, 6.45) is 3.27. The van der Waals surface area contributed by atoms with Gasteiger partial charge in [-0.2, -0.15) is 0 Å². The summed E-state index contributed by atoms with van der Waals surface area (Å²) in [6, 6.07) is 4.87. The number of ether oxygens (including phenoxy) is 1. The van der Waals surface area contributed by atoms with E-state index in [1.807, 2.05) is 0 Å². The first-order valence-electron chi connectivity index (χ1n) is 11.3. The topological polar surface area (TPSA) is 69.4 Å². The lowest BCUT2D eigenvalue weighted by Crippen LogP contribution is -2.24. The number of fused-ring (bicyclic) bond motifs is 1. The normalized spacial score (nSPS) is 18.2. The third-order valence-electron chi connectivity index (χ3n) is 6.56. The van der Waals surface area contributed by atoms with Gasteiger partial charge in [0.1, 0.15) is 23.1 Å². The molecule has 0 spiro atoms. The lowest BCUT2D eigenvalue weighted by molar-refractivity contribution is 0.00248. The molecule has 3 aromatic heterocycles. The average molecular weight is 480 g/mol. The Kier molecular flexibility index (Phi) is 5.88. The fraction of sp³-hybridized carbons (Fsp3) is 0.308. The molecule has 0 radical (unpaired) electrons. The van der Waals surface area contributed by atoms with Gasteiger partial charge in [0, 0.05) is 52.9 Å². The van der Waals surface area contributed by atoms with Gasteiger partial charge in [-0.15, -0.1) is 0 Å². The zero-order chi connectivity index (χ0) is 24.9. The number of benzene rings is 1. The molecule has 0 amide bonds. The van der Waals surface area contributed by atoms with Gasteiger partial charge in [0.05, 0.1) is 18.0 Å². The van der Waals surface area contributed by atoms with E-state index in [2.05, 4.69) is 9.97 Å². The van der Waals surface area contributed by atoms with Gasteiger partial charge in [-0.1, -0.05) is 0 Å². The van der Waals surface area contributed by atoms with Crippen LogP contribution in [0.25, 0.3) is 16.9 Å². The van der Waals surface area contributed by atoms with Crippen LogP contribution in [0.2, 0.25) is 0 Å². The van der Waals surface area contributed by atoms with Crippen LogP contribution in [0.4, 0.5) is 13.2 Å². The molecule has 180 valence electrons. The van der Waals surface area contributed by atoms with Crippen molar-refractivity contribution >= 4 is 5.65 Å². The molecule has 4 aromatic rings. The third kappa shape index (κ3) is 4.20. The number of hydrogen-bond acceptors (Lipinski definition) is 5. The van der Waals surface area contributed by atoms with E-state index in [4.69, 9.17) is 9.72 Å². The van der Waals surface area contributed by atoms with Gasteiger partial charge in [0.25, 0.3) is 5.56 Å². The van der Waals surface area contributed by atoms with E-state index in [-0.39, 0.29) is 28.4 Å². The molecule has 1 aliphatic rings. The zero-order valence-electron chi connectivity index (χ0n) is 19.5. The Labute approximate surface area is 199 Å². The van der Waals surface area contributed by atoms with Crippen molar-refractivity contribution in [3.8, 4) is 11.3 Å². The summed E-state index contributed by atoms with van der Waals surface area (Å²) in [5.41, 5.74) is 2.67. The summed E-state index contributed by atoms with van der Waals surface area (Å²) < 4.78 is 50.2. The highest BCUT2D eigenvalue weighted by atomic mass is 19.1. The Bertz CT molecular complexity index is 1520. The number of rotatable bonds is 3. The summed E-state index contributed by atoms with van der Waals surface area (Å²) in [6.45, 7) is 5.51. The lowest BCUT2D eigenvalue weighted by Gasteiger charge is -2.30. The quantitative estimate of drug-likeness (QED) is 0.407. The van der Waals surface area contributed by atoms with Crippen molar-refractivity contribution in [2.45, 2.75) is 45.6 Å². The van der Waals surface area contributed by atoms with Crippen molar-refractivity contribution in [2.75, 3.05) is 6.61 Å². The molecule has 1 aliphatic heterocycles. The molecule has 0 N–H and O–H groups in total. The molecule has 6 nitrogen and oxygen atoms in total. The highest BCUT2D eigenvalue weighted by molar-refractivity contribution is 5.74. The first kappa shape index (κ1) is 23.2. The first-order valence-corrected chi connectivity index (χ1v) is 11.3. The van der Waals surface area contributed by atoms with E-state index < -0.39 is 23.6 Å². The van der Waals surface area contributed by atoms with Crippen LogP contribution in [0.1, 0.15) is 53.1 Å². The Morgan fingerprint density at radius 2 is 1.86 bits per heavy atom. The Morgan fingerprint density at radius 3 is 2.63 bits per heavy atom. The van der Waals surface area contributed by atoms with E-state index in [1.54, 1.807) is 33.0 Å². The van der Waals surface area contributed by atoms with Crippen LogP contribution in [-0.2, 0) is 4.74 Å². The number of halogens is 3. The number of nitrogens with zero attached hydrogens (tertiary/aromatic N) is 4. The predicted octanol–water partition coefficient (Wildman–Crippen LogP) is 5.13. The second-order valence-electron chi connectivity index (χ2n) is 8.89. The standard InChI is InChI=1S/C26H23F3N4O2/c1-13-8-19(21(29)11-30-13)23-9-16(6-7-35-23)22-12-33-25(31-15(3)14(2)26(33)34)24(32-22)18-5-4-17(27)10-20(18)28/h4-5,8,10-12,16,23H,6-7,9H2,1-3H3/t16-,23+/m0/s1. The minimum absolute atomic E-state index is 0.0420. The molecular weight excluding hydrogens is 457 g/mol. The van der Waals surface area contributed by atoms with E-state index in [0.717, 1.165) is 12.1 Å². The van der Waals surface area contributed by atoms with Crippen molar-refractivity contribution in [3.05, 3.63) is 92.7 Å². The lowest BCUT2D eigenvalue weighted by atomic mass is 9.89. The summed E-state index contributed by atoms with van der Waals surface area (Å²) in [4.78, 5) is 26.3. The van der Waals surface area contributed by atoms with Crippen LogP contribution in [0, 0.1) is 38.2 Å². The molecule has 2 atom stereocenters. The molecular formula is C26H23F3N4O2. The SMILES string of the molecule is Cc1cc([C@H]2C[C@@H](c3cn4c(=O)c(C)c(C)nc4c(-c4ccc(F)cc4F)n3)CCO2)c(F)cn1. The van der Waals surface area contributed by atoms with Crippen molar-refractivity contribution in [1.29, 1.82) is 0 Å². The van der Waals surface area contributed by atoms with Gasteiger partial charge in [-0.3, -0.25) is 14.2 Å². The maximum absolute atomic E-state index is 14.8. The van der Waals surface area contributed by atoms with Gasteiger partial charge < -0.3 is 4.74 Å². The molecule has 1 fully saturated rings. The van der Waals surface area contributed by atoms with Crippen molar-refractivity contribution in [2.24, 2.45) is 0 Å². The van der Waals surface area contributed by atoms with E-state index in [9.17, 15) is 18.0 Å². The second-order valence-corrected chi connectivity index (χ2v) is 8.89. The largest absolute Gasteiger partial charge is 0.373 e. The summed E-state index contributed by atoms with van der Waals surface area (Å²) in [5.74, 6) is -2.16. The summed E-state index contributed by atoms with van der Waals surface area (Å²) in [7, 11) is 0. The maximum atomic E-state index is 14.8. The van der Waals surface area contributed by atoms with Gasteiger partial charge in [0.2, 0.25) is 0 Å². The molecule has 5 rings (SSSR count). The third-order valence-corrected chi connectivity index (χ3v) is 6.56. The van der Waals surface area contributed by atoms with E-state index >= 15 is 0 Å². The minimum Gasteiger partial charge on any atom is -0.373 e.